The summed E-state index contributed by atoms with van der Waals surface area (Å²) in [7, 11) is -0.291. The van der Waals surface area contributed by atoms with Crippen LogP contribution in [-0.2, 0) is 9.31 Å². The van der Waals surface area contributed by atoms with E-state index in [-0.39, 0.29) is 24.4 Å². The van der Waals surface area contributed by atoms with Gasteiger partial charge in [0.1, 0.15) is 0 Å². The van der Waals surface area contributed by atoms with Gasteiger partial charge in [0.15, 0.2) is 0 Å². The average Bonchev–Trinajstić information content (AvgIpc) is 2.55. The quantitative estimate of drug-likeness (QED) is 0.840. The van der Waals surface area contributed by atoms with Gasteiger partial charge in [0.2, 0.25) is 0 Å². The highest BCUT2D eigenvalue weighted by molar-refractivity contribution is 6.62. The fourth-order valence-electron chi connectivity index (χ4n) is 2.76. The van der Waals surface area contributed by atoms with Crippen molar-refractivity contribution in [2.45, 2.75) is 63.8 Å². The van der Waals surface area contributed by atoms with Gasteiger partial charge < -0.3 is 14.4 Å². The Labute approximate surface area is 121 Å². The van der Waals surface area contributed by atoms with E-state index in [0.717, 1.165) is 18.3 Å². The van der Waals surface area contributed by atoms with Crippen molar-refractivity contribution in [2.75, 3.05) is 0 Å². The Kier molecular flexibility index (Phi) is 3.24. The number of aliphatic hydroxyl groups is 1. The van der Waals surface area contributed by atoms with Crippen molar-refractivity contribution >= 4 is 12.6 Å². The number of rotatable bonds is 2. The summed E-state index contributed by atoms with van der Waals surface area (Å²) in [5.41, 5.74) is 1.77. The Morgan fingerprint density at radius 3 is 1.95 bits per heavy atom. The molecule has 1 saturated heterocycles. The first-order chi connectivity index (χ1) is 9.28. The molecule has 1 aliphatic carbocycles. The summed E-state index contributed by atoms with van der Waals surface area (Å²) >= 11 is 0. The van der Waals surface area contributed by atoms with Crippen LogP contribution in [0.5, 0.6) is 0 Å². The average molecular weight is 274 g/mol. The van der Waals surface area contributed by atoms with Crippen molar-refractivity contribution < 1.29 is 14.4 Å². The molecule has 0 unspecified atom stereocenters. The molecule has 1 N–H and O–H groups in total. The van der Waals surface area contributed by atoms with E-state index in [2.05, 4.69) is 52.0 Å². The van der Waals surface area contributed by atoms with Gasteiger partial charge >= 0.3 is 7.12 Å². The molecule has 0 spiro atoms. The number of hydrogen-bond acceptors (Lipinski definition) is 3. The molecule has 1 aromatic carbocycles. The minimum atomic E-state index is -0.297. The summed E-state index contributed by atoms with van der Waals surface area (Å²) in [5, 5.41) is 9.38. The highest BCUT2D eigenvalue weighted by atomic mass is 16.7. The summed E-state index contributed by atoms with van der Waals surface area (Å²) in [5.74, 6) is 0.511. The monoisotopic (exact) mass is 274 g/mol. The van der Waals surface area contributed by atoms with Crippen LogP contribution in [0.2, 0.25) is 0 Å². The largest absolute Gasteiger partial charge is 0.494 e. The molecule has 1 aromatic rings. The maximum atomic E-state index is 9.38. The summed E-state index contributed by atoms with van der Waals surface area (Å²) in [6.07, 6.45) is 1.66. The molecule has 1 saturated carbocycles. The topological polar surface area (TPSA) is 38.7 Å². The summed E-state index contributed by atoms with van der Waals surface area (Å²) < 4.78 is 12.1. The van der Waals surface area contributed by atoms with E-state index in [1.165, 1.54) is 5.56 Å². The third-order valence-electron chi connectivity index (χ3n) is 5.05. The SMILES string of the molecule is CC1(C)OB(c2ccc([C@H]3C[C@@H](O)C3)cc2)OC1(C)C. The number of benzene rings is 1. The van der Waals surface area contributed by atoms with Crippen molar-refractivity contribution in [1.29, 1.82) is 0 Å². The molecular formula is C16H23BO3. The molecule has 4 heteroatoms. The molecule has 20 heavy (non-hydrogen) atoms. The Morgan fingerprint density at radius 1 is 1.00 bits per heavy atom. The van der Waals surface area contributed by atoms with Gasteiger partial charge in [0, 0.05) is 0 Å². The predicted molar refractivity (Wildman–Crippen MR) is 80.1 cm³/mol. The third kappa shape index (κ3) is 2.30. The molecule has 2 fully saturated rings. The highest BCUT2D eigenvalue weighted by Gasteiger charge is 2.51. The smallest absolute Gasteiger partial charge is 0.399 e. The first-order valence-corrected chi connectivity index (χ1v) is 7.42. The lowest BCUT2D eigenvalue weighted by Gasteiger charge is -2.32. The minimum absolute atomic E-state index is 0.109. The first kappa shape index (κ1) is 14.1. The molecule has 0 aromatic heterocycles. The Hall–Kier alpha value is -0.835. The van der Waals surface area contributed by atoms with Gasteiger partial charge in [-0.2, -0.15) is 0 Å². The molecule has 2 aliphatic rings. The van der Waals surface area contributed by atoms with Crippen LogP contribution < -0.4 is 5.46 Å². The van der Waals surface area contributed by atoms with Crippen molar-refractivity contribution in [1.82, 2.24) is 0 Å². The van der Waals surface area contributed by atoms with Gasteiger partial charge in [0.25, 0.3) is 0 Å². The van der Waals surface area contributed by atoms with Crippen LogP contribution in [0.1, 0.15) is 52.0 Å². The zero-order valence-corrected chi connectivity index (χ0v) is 12.7. The van der Waals surface area contributed by atoms with Gasteiger partial charge in [-0.25, -0.2) is 0 Å². The van der Waals surface area contributed by atoms with Crippen LogP contribution in [0.3, 0.4) is 0 Å². The lowest BCUT2D eigenvalue weighted by atomic mass is 9.74. The molecular weight excluding hydrogens is 251 g/mol. The second kappa shape index (κ2) is 4.59. The normalized spacial score (nSPS) is 31.1. The molecule has 1 heterocycles. The maximum Gasteiger partial charge on any atom is 0.494 e. The van der Waals surface area contributed by atoms with Crippen LogP contribution in [-0.4, -0.2) is 29.5 Å². The van der Waals surface area contributed by atoms with E-state index in [1.807, 2.05) is 0 Å². The summed E-state index contributed by atoms with van der Waals surface area (Å²) in [4.78, 5) is 0. The molecule has 0 atom stereocenters. The van der Waals surface area contributed by atoms with Crippen LogP contribution in [0.15, 0.2) is 24.3 Å². The van der Waals surface area contributed by atoms with Gasteiger partial charge in [-0.15, -0.1) is 0 Å². The Balaban J connectivity index is 1.73. The zero-order chi connectivity index (χ0) is 14.5. The molecule has 0 radical (unpaired) electrons. The molecule has 1 aliphatic heterocycles. The third-order valence-corrected chi connectivity index (χ3v) is 5.05. The molecule has 108 valence electrons. The molecule has 0 amide bonds. The second-order valence-corrected chi connectivity index (χ2v) is 7.08. The van der Waals surface area contributed by atoms with E-state index in [9.17, 15) is 5.11 Å². The van der Waals surface area contributed by atoms with Crippen LogP contribution in [0.25, 0.3) is 0 Å². The van der Waals surface area contributed by atoms with Crippen LogP contribution >= 0.6 is 0 Å². The molecule has 3 nitrogen and oxygen atoms in total. The number of aliphatic hydroxyl groups excluding tert-OH is 1. The van der Waals surface area contributed by atoms with Crippen molar-refractivity contribution in [3.8, 4) is 0 Å². The summed E-state index contributed by atoms with van der Waals surface area (Å²) in [6.45, 7) is 8.27. The van der Waals surface area contributed by atoms with Crippen LogP contribution in [0, 0.1) is 0 Å². The fourth-order valence-corrected chi connectivity index (χ4v) is 2.76. The summed E-state index contributed by atoms with van der Waals surface area (Å²) in [6, 6.07) is 8.44. The fraction of sp³-hybridized carbons (Fsp3) is 0.625. The van der Waals surface area contributed by atoms with E-state index in [0.29, 0.717) is 5.92 Å². The van der Waals surface area contributed by atoms with Gasteiger partial charge in [-0.3, -0.25) is 0 Å². The lowest BCUT2D eigenvalue weighted by molar-refractivity contribution is 0.00578. The lowest BCUT2D eigenvalue weighted by Crippen LogP contribution is -2.41. The zero-order valence-electron chi connectivity index (χ0n) is 12.7. The van der Waals surface area contributed by atoms with Crippen molar-refractivity contribution in [3.05, 3.63) is 29.8 Å². The van der Waals surface area contributed by atoms with E-state index in [4.69, 9.17) is 9.31 Å². The first-order valence-electron chi connectivity index (χ1n) is 7.42. The van der Waals surface area contributed by atoms with Gasteiger partial charge in [0.05, 0.1) is 17.3 Å². The van der Waals surface area contributed by atoms with E-state index < -0.39 is 0 Å². The number of hydrogen-bond donors (Lipinski definition) is 1. The standard InChI is InChI=1S/C16H23BO3/c1-15(2)16(3,4)20-17(19-15)13-7-5-11(6-8-13)12-9-14(18)10-12/h5-8,12,14,18H,9-10H2,1-4H3/t12-,14+. The van der Waals surface area contributed by atoms with E-state index >= 15 is 0 Å². The predicted octanol–water partition coefficient (Wildman–Crippen LogP) is 2.22. The van der Waals surface area contributed by atoms with Crippen molar-refractivity contribution in [3.63, 3.8) is 0 Å². The van der Waals surface area contributed by atoms with Gasteiger partial charge in [-0.1, -0.05) is 24.3 Å². The highest BCUT2D eigenvalue weighted by Crippen LogP contribution is 2.38. The van der Waals surface area contributed by atoms with E-state index in [1.54, 1.807) is 0 Å². The minimum Gasteiger partial charge on any atom is -0.399 e. The Morgan fingerprint density at radius 2 is 1.50 bits per heavy atom. The molecule has 0 bridgehead atoms. The maximum absolute atomic E-state index is 9.38. The van der Waals surface area contributed by atoms with Crippen molar-refractivity contribution in [2.24, 2.45) is 0 Å². The van der Waals surface area contributed by atoms with Crippen LogP contribution in [0.4, 0.5) is 0 Å². The van der Waals surface area contributed by atoms with Gasteiger partial charge in [-0.05, 0) is 57.5 Å². The molecule has 3 rings (SSSR count). The second-order valence-electron chi connectivity index (χ2n) is 7.08. The Bertz CT molecular complexity index is 473.